The molecule has 0 spiro atoms. The Kier molecular flexibility index (Phi) is 5.29. The summed E-state index contributed by atoms with van der Waals surface area (Å²) in [6.07, 6.45) is 6.31. The van der Waals surface area contributed by atoms with Crippen LogP contribution < -0.4 is 0 Å². The Morgan fingerprint density at radius 3 is 2.25 bits per heavy atom. The van der Waals surface area contributed by atoms with Gasteiger partial charge in [-0.15, -0.1) is 0 Å². The Morgan fingerprint density at radius 2 is 1.67 bits per heavy atom. The first-order chi connectivity index (χ1) is 11.5. The van der Waals surface area contributed by atoms with Gasteiger partial charge < -0.3 is 10.0 Å². The molecular formula is C21H31NO2. The summed E-state index contributed by atoms with van der Waals surface area (Å²) in [5.74, 6) is 1.12. The molecule has 3 rings (SSSR count). The van der Waals surface area contributed by atoms with E-state index in [0.29, 0.717) is 11.8 Å². The number of hydrogen-bond donors (Lipinski definition) is 1. The van der Waals surface area contributed by atoms with E-state index in [1.165, 1.54) is 25.7 Å². The van der Waals surface area contributed by atoms with Crippen LogP contribution in [0.5, 0.6) is 0 Å². The smallest absolute Gasteiger partial charge is 0.228 e. The predicted octanol–water partition coefficient (Wildman–Crippen LogP) is 4.18. The Bertz CT molecular complexity index is 540. The third kappa shape index (κ3) is 3.51. The minimum atomic E-state index is -0.411. The molecule has 24 heavy (non-hydrogen) atoms. The van der Waals surface area contributed by atoms with Crippen molar-refractivity contribution in [1.82, 2.24) is 4.90 Å². The highest BCUT2D eigenvalue weighted by Gasteiger charge is 2.41. The molecule has 1 aliphatic carbocycles. The number of carbonyl (C=O) groups excluding carboxylic acids is 1. The average Bonchev–Trinajstić information content (AvgIpc) is 3.17. The number of amides is 1. The molecule has 0 bridgehead atoms. The van der Waals surface area contributed by atoms with Gasteiger partial charge in [0.1, 0.15) is 0 Å². The molecule has 0 radical (unpaired) electrons. The van der Waals surface area contributed by atoms with Crippen molar-refractivity contribution in [3.05, 3.63) is 35.9 Å². The van der Waals surface area contributed by atoms with Crippen molar-refractivity contribution in [1.29, 1.82) is 0 Å². The number of carbonyl (C=O) groups is 1. The van der Waals surface area contributed by atoms with E-state index in [0.717, 1.165) is 31.5 Å². The molecule has 1 atom stereocenters. The molecule has 3 heteroatoms. The summed E-state index contributed by atoms with van der Waals surface area (Å²) in [6, 6.07) is 9.90. The second kappa shape index (κ2) is 7.26. The van der Waals surface area contributed by atoms with Gasteiger partial charge in [-0.3, -0.25) is 4.79 Å². The van der Waals surface area contributed by atoms with E-state index in [2.05, 4.69) is 13.8 Å². The number of hydrogen-bond acceptors (Lipinski definition) is 2. The Labute approximate surface area is 146 Å². The van der Waals surface area contributed by atoms with Gasteiger partial charge in [-0.25, -0.2) is 0 Å². The maximum absolute atomic E-state index is 13.0. The van der Waals surface area contributed by atoms with E-state index in [9.17, 15) is 9.90 Å². The lowest BCUT2D eigenvalue weighted by atomic mass is 9.76. The molecule has 1 heterocycles. The zero-order chi connectivity index (χ0) is 17.2. The van der Waals surface area contributed by atoms with Crippen molar-refractivity contribution in [3.8, 4) is 0 Å². The van der Waals surface area contributed by atoms with Crippen LogP contribution in [-0.2, 0) is 4.79 Å². The van der Waals surface area contributed by atoms with Gasteiger partial charge in [0, 0.05) is 18.5 Å². The van der Waals surface area contributed by atoms with Crippen molar-refractivity contribution in [2.24, 2.45) is 17.3 Å². The summed E-state index contributed by atoms with van der Waals surface area (Å²) in [6.45, 7) is 5.83. The van der Waals surface area contributed by atoms with E-state index < -0.39 is 6.10 Å². The topological polar surface area (TPSA) is 40.5 Å². The van der Waals surface area contributed by atoms with E-state index in [1.807, 2.05) is 35.2 Å². The minimum Gasteiger partial charge on any atom is -0.388 e. The lowest BCUT2D eigenvalue weighted by Gasteiger charge is -2.40. The molecule has 1 aromatic rings. The van der Waals surface area contributed by atoms with Crippen molar-refractivity contribution in [3.63, 3.8) is 0 Å². The summed E-state index contributed by atoms with van der Waals surface area (Å²) in [4.78, 5) is 15.1. The molecule has 132 valence electrons. The van der Waals surface area contributed by atoms with E-state index in [1.54, 1.807) is 0 Å². The summed E-state index contributed by atoms with van der Waals surface area (Å²) in [7, 11) is 0. The van der Waals surface area contributed by atoms with E-state index in [-0.39, 0.29) is 11.3 Å². The largest absolute Gasteiger partial charge is 0.388 e. The second-order valence-electron chi connectivity index (χ2n) is 8.19. The average molecular weight is 329 g/mol. The van der Waals surface area contributed by atoms with Crippen LogP contribution in [0.15, 0.2) is 30.3 Å². The molecule has 1 saturated carbocycles. The number of nitrogens with zero attached hydrogens (tertiary/aromatic N) is 1. The SMILES string of the molecule is CC(C)(C(=O)N1CCC(C(O)c2ccccc2)CC1)C1CCCC1. The van der Waals surface area contributed by atoms with Crippen LogP contribution in [0.2, 0.25) is 0 Å². The Morgan fingerprint density at radius 1 is 1.08 bits per heavy atom. The Balaban J connectivity index is 1.57. The van der Waals surface area contributed by atoms with E-state index >= 15 is 0 Å². The third-order valence-corrected chi connectivity index (χ3v) is 6.34. The number of rotatable bonds is 4. The summed E-state index contributed by atoms with van der Waals surface area (Å²) < 4.78 is 0. The van der Waals surface area contributed by atoms with Gasteiger partial charge in [-0.05, 0) is 43.1 Å². The maximum Gasteiger partial charge on any atom is 0.228 e. The number of aliphatic hydroxyl groups is 1. The van der Waals surface area contributed by atoms with Crippen LogP contribution in [-0.4, -0.2) is 29.0 Å². The van der Waals surface area contributed by atoms with Gasteiger partial charge in [-0.1, -0.05) is 57.0 Å². The fourth-order valence-electron chi connectivity index (χ4n) is 4.57. The number of piperidine rings is 1. The quantitative estimate of drug-likeness (QED) is 0.900. The lowest BCUT2D eigenvalue weighted by Crippen LogP contribution is -2.48. The van der Waals surface area contributed by atoms with Crippen LogP contribution in [0.3, 0.4) is 0 Å². The van der Waals surface area contributed by atoms with Crippen LogP contribution >= 0.6 is 0 Å². The molecule has 1 saturated heterocycles. The van der Waals surface area contributed by atoms with Gasteiger partial charge in [0.05, 0.1) is 6.10 Å². The normalized spacial score (nSPS) is 21.9. The summed E-state index contributed by atoms with van der Waals surface area (Å²) in [5.41, 5.74) is 0.759. The molecule has 1 aliphatic heterocycles. The first kappa shape index (κ1) is 17.5. The third-order valence-electron chi connectivity index (χ3n) is 6.34. The van der Waals surface area contributed by atoms with Crippen molar-refractivity contribution < 1.29 is 9.90 Å². The first-order valence-electron chi connectivity index (χ1n) is 9.52. The molecule has 1 aromatic carbocycles. The maximum atomic E-state index is 13.0. The standard InChI is InChI=1S/C21H31NO2/c1-21(2,18-10-6-7-11-18)20(24)22-14-12-17(13-15-22)19(23)16-8-4-3-5-9-16/h3-5,8-9,17-19,23H,6-7,10-15H2,1-2H3. The van der Waals surface area contributed by atoms with Gasteiger partial charge in [-0.2, -0.15) is 0 Å². The monoisotopic (exact) mass is 329 g/mol. The molecule has 3 nitrogen and oxygen atoms in total. The van der Waals surface area contributed by atoms with Crippen LogP contribution in [0.1, 0.15) is 64.0 Å². The van der Waals surface area contributed by atoms with Crippen LogP contribution in [0, 0.1) is 17.3 Å². The molecule has 2 fully saturated rings. The minimum absolute atomic E-state index is 0.235. The molecular weight excluding hydrogens is 298 g/mol. The van der Waals surface area contributed by atoms with Crippen molar-refractivity contribution in [2.45, 2.75) is 58.5 Å². The fraction of sp³-hybridized carbons (Fsp3) is 0.667. The lowest BCUT2D eigenvalue weighted by molar-refractivity contribution is -0.145. The van der Waals surface area contributed by atoms with Crippen LogP contribution in [0.25, 0.3) is 0 Å². The molecule has 1 amide bonds. The first-order valence-corrected chi connectivity index (χ1v) is 9.52. The predicted molar refractivity (Wildman–Crippen MR) is 96.4 cm³/mol. The van der Waals surface area contributed by atoms with Gasteiger partial charge in [0.15, 0.2) is 0 Å². The highest BCUT2D eigenvalue weighted by Crippen LogP contribution is 2.41. The summed E-state index contributed by atoms with van der Waals surface area (Å²) in [5, 5.41) is 10.6. The second-order valence-corrected chi connectivity index (χ2v) is 8.19. The van der Waals surface area contributed by atoms with Crippen LogP contribution in [0.4, 0.5) is 0 Å². The zero-order valence-corrected chi connectivity index (χ0v) is 15.1. The van der Waals surface area contributed by atoms with Gasteiger partial charge in [0.2, 0.25) is 5.91 Å². The van der Waals surface area contributed by atoms with Crippen molar-refractivity contribution >= 4 is 5.91 Å². The fourth-order valence-corrected chi connectivity index (χ4v) is 4.57. The Hall–Kier alpha value is -1.35. The molecule has 1 N–H and O–H groups in total. The highest BCUT2D eigenvalue weighted by atomic mass is 16.3. The molecule has 1 unspecified atom stereocenters. The zero-order valence-electron chi connectivity index (χ0n) is 15.1. The van der Waals surface area contributed by atoms with E-state index in [4.69, 9.17) is 0 Å². The molecule has 0 aromatic heterocycles. The number of likely N-dealkylation sites (tertiary alicyclic amines) is 1. The van der Waals surface area contributed by atoms with Gasteiger partial charge >= 0.3 is 0 Å². The van der Waals surface area contributed by atoms with Crippen molar-refractivity contribution in [2.75, 3.05) is 13.1 Å². The highest BCUT2D eigenvalue weighted by molar-refractivity contribution is 5.82. The summed E-state index contributed by atoms with van der Waals surface area (Å²) >= 11 is 0. The molecule has 2 aliphatic rings. The number of aliphatic hydroxyl groups excluding tert-OH is 1. The number of benzene rings is 1. The van der Waals surface area contributed by atoms with Gasteiger partial charge in [0.25, 0.3) is 0 Å².